The predicted molar refractivity (Wildman–Crippen MR) is 85.1 cm³/mol. The molecule has 1 amide bonds. The molecule has 0 aromatic rings. The number of carbonyl (C=O) groups excluding carboxylic acids is 1. The molecule has 1 N–H and O–H groups in total. The van der Waals surface area contributed by atoms with E-state index in [1.165, 1.54) is 12.8 Å². The Kier molecular flexibility index (Phi) is 5.33. The Morgan fingerprint density at radius 1 is 1.32 bits per heavy atom. The fraction of sp³-hybridized carbons (Fsp3) is 0.941. The van der Waals surface area contributed by atoms with Gasteiger partial charge in [-0.2, -0.15) is 0 Å². The molecule has 5 unspecified atom stereocenters. The second kappa shape index (κ2) is 6.18. The zero-order valence-corrected chi connectivity index (χ0v) is 15.5. The molecule has 128 valence electrons. The molecule has 3 aliphatic heterocycles. The van der Waals surface area contributed by atoms with E-state index in [1.54, 1.807) is 0 Å². The maximum Gasteiger partial charge on any atom is 0.240 e. The monoisotopic (exact) mass is 333 g/mol. The van der Waals surface area contributed by atoms with Gasteiger partial charge in [-0.25, -0.2) is 0 Å². The second-order valence-electron chi connectivity index (χ2n) is 8.30. The summed E-state index contributed by atoms with van der Waals surface area (Å²) in [6, 6.07) is 1.01. The van der Waals surface area contributed by atoms with Gasteiger partial charge in [-0.15, -0.1) is 0 Å². The standard InChI is InChI=1S/C17H31N3O.Ar/c1-11(2)9-16(4)10-13-14(20(16)6)12(3)17(19(13)5)7-8-18-15(17)21;/h11-14H,7-10H2,1-6H3,(H,18,21);. The summed E-state index contributed by atoms with van der Waals surface area (Å²) < 4.78 is 0. The van der Waals surface area contributed by atoms with Gasteiger partial charge in [-0.05, 0) is 46.2 Å². The van der Waals surface area contributed by atoms with Crippen LogP contribution in [0.4, 0.5) is 0 Å². The number of likely N-dealkylation sites (tertiary alicyclic amines) is 2. The molecule has 22 heavy (non-hydrogen) atoms. The zero-order chi connectivity index (χ0) is 15.6. The van der Waals surface area contributed by atoms with Crippen molar-refractivity contribution >= 4 is 5.91 Å². The molecule has 3 saturated heterocycles. The Balaban J connectivity index is 0.00000176. The Bertz CT molecular complexity index is 457. The third-order valence-electron chi connectivity index (χ3n) is 6.77. The molecule has 0 saturated carbocycles. The van der Waals surface area contributed by atoms with Gasteiger partial charge in [-0.1, -0.05) is 20.8 Å². The molecule has 4 nitrogen and oxygen atoms in total. The minimum atomic E-state index is -0.261. The minimum Gasteiger partial charge on any atom is -0.354 e. The summed E-state index contributed by atoms with van der Waals surface area (Å²) in [6.45, 7) is 10.2. The first kappa shape index (κ1) is 19.0. The third kappa shape index (κ3) is 2.40. The number of carbonyl (C=O) groups is 1. The fourth-order valence-electron chi connectivity index (χ4n) is 5.78. The van der Waals surface area contributed by atoms with Crippen LogP contribution in [-0.2, 0) is 4.79 Å². The maximum atomic E-state index is 12.5. The first-order valence-corrected chi connectivity index (χ1v) is 8.48. The van der Waals surface area contributed by atoms with E-state index in [-0.39, 0.29) is 54.7 Å². The first-order valence-electron chi connectivity index (χ1n) is 8.48. The maximum absolute atomic E-state index is 12.5. The molecule has 5 atom stereocenters. The smallest absolute Gasteiger partial charge is 0.240 e. The molecule has 3 fully saturated rings. The summed E-state index contributed by atoms with van der Waals surface area (Å²) in [6.07, 6.45) is 3.38. The molecule has 0 aromatic carbocycles. The van der Waals surface area contributed by atoms with Gasteiger partial charge in [-0.3, -0.25) is 14.6 Å². The van der Waals surface area contributed by atoms with Crippen molar-refractivity contribution in [3.8, 4) is 0 Å². The Morgan fingerprint density at radius 3 is 2.41 bits per heavy atom. The van der Waals surface area contributed by atoms with Crippen LogP contribution >= 0.6 is 0 Å². The normalized spacial score (nSPS) is 45.4. The summed E-state index contributed by atoms with van der Waals surface area (Å²) in [4.78, 5) is 17.5. The van der Waals surface area contributed by atoms with Gasteiger partial charge in [0.1, 0.15) is 5.54 Å². The van der Waals surface area contributed by atoms with Crippen LogP contribution in [0.3, 0.4) is 0 Å². The third-order valence-corrected chi connectivity index (χ3v) is 6.77. The zero-order valence-electron chi connectivity index (χ0n) is 14.8. The molecule has 5 heteroatoms. The molecule has 0 aliphatic carbocycles. The molecule has 3 rings (SSSR count). The van der Waals surface area contributed by atoms with Gasteiger partial charge in [0.05, 0.1) is 0 Å². The molecule has 0 radical (unpaired) electrons. The number of hydrogen-bond acceptors (Lipinski definition) is 3. The number of rotatable bonds is 2. The van der Waals surface area contributed by atoms with Crippen molar-refractivity contribution in [2.75, 3.05) is 20.6 Å². The number of nitrogens with zero attached hydrogens (tertiary/aromatic N) is 2. The number of likely N-dealkylation sites (N-methyl/N-ethyl adjacent to an activating group) is 2. The van der Waals surface area contributed by atoms with Crippen LogP contribution in [-0.4, -0.2) is 59.5 Å². The van der Waals surface area contributed by atoms with Crippen LogP contribution in [0.15, 0.2) is 0 Å². The van der Waals surface area contributed by atoms with Gasteiger partial charge in [0, 0.05) is 67.8 Å². The van der Waals surface area contributed by atoms with E-state index in [9.17, 15) is 4.79 Å². The quantitative estimate of drug-likeness (QED) is 0.836. The van der Waals surface area contributed by atoms with Crippen molar-refractivity contribution in [3.63, 3.8) is 0 Å². The SMILES string of the molecule is CC(C)CC1(C)CC2C(C(C)C3(CCNC3=O)N2C)N1C.[Ar]. The van der Waals surface area contributed by atoms with Crippen LogP contribution in [0, 0.1) is 49.6 Å². The Hall–Kier alpha value is 0.650. The largest absolute Gasteiger partial charge is 0.354 e. The summed E-state index contributed by atoms with van der Waals surface area (Å²) in [5.41, 5.74) is 0.00542. The molecule has 1 spiro atoms. The summed E-state index contributed by atoms with van der Waals surface area (Å²) in [7, 11) is 4.46. The summed E-state index contributed by atoms with van der Waals surface area (Å²) in [5, 5.41) is 3.07. The van der Waals surface area contributed by atoms with Gasteiger partial charge < -0.3 is 5.32 Å². The summed E-state index contributed by atoms with van der Waals surface area (Å²) >= 11 is 0. The van der Waals surface area contributed by atoms with Crippen molar-refractivity contribution in [3.05, 3.63) is 0 Å². The van der Waals surface area contributed by atoms with Crippen LogP contribution in [0.5, 0.6) is 0 Å². The molecule has 3 heterocycles. The minimum absolute atomic E-state index is 0. The van der Waals surface area contributed by atoms with Crippen LogP contribution in [0.1, 0.15) is 47.0 Å². The van der Waals surface area contributed by atoms with E-state index in [2.05, 4.69) is 56.9 Å². The van der Waals surface area contributed by atoms with Crippen molar-refractivity contribution < 1.29 is 42.5 Å². The van der Waals surface area contributed by atoms with E-state index in [0.29, 0.717) is 23.9 Å². The molecule has 0 aromatic heterocycles. The Morgan fingerprint density at radius 2 is 1.95 bits per heavy atom. The topological polar surface area (TPSA) is 35.6 Å². The predicted octanol–water partition coefficient (Wildman–Crippen LogP) is 1.70. The number of hydrogen-bond donors (Lipinski definition) is 1. The number of nitrogens with one attached hydrogen (secondary N) is 1. The van der Waals surface area contributed by atoms with Crippen molar-refractivity contribution in [1.29, 1.82) is 0 Å². The fourth-order valence-corrected chi connectivity index (χ4v) is 5.78. The van der Waals surface area contributed by atoms with E-state index < -0.39 is 0 Å². The van der Waals surface area contributed by atoms with Crippen LogP contribution < -0.4 is 5.32 Å². The van der Waals surface area contributed by atoms with Gasteiger partial charge >= 0.3 is 0 Å². The molecule has 3 aliphatic rings. The van der Waals surface area contributed by atoms with Crippen molar-refractivity contribution in [2.24, 2.45) is 11.8 Å². The van der Waals surface area contributed by atoms with Gasteiger partial charge in [0.2, 0.25) is 5.91 Å². The molecular weight excluding hydrogens is 302 g/mol. The van der Waals surface area contributed by atoms with Crippen LogP contribution in [0.25, 0.3) is 0 Å². The number of amides is 1. The average molecular weight is 333 g/mol. The van der Waals surface area contributed by atoms with E-state index in [0.717, 1.165) is 13.0 Å². The average Bonchev–Trinajstić information content (AvgIpc) is 2.94. The second-order valence-corrected chi connectivity index (χ2v) is 8.30. The van der Waals surface area contributed by atoms with E-state index in [1.807, 2.05) is 0 Å². The molecular formula is C17H31ArN3O. The van der Waals surface area contributed by atoms with E-state index >= 15 is 0 Å². The number of fused-ring (bicyclic) bond motifs is 1. The van der Waals surface area contributed by atoms with Gasteiger partial charge in [0.15, 0.2) is 0 Å². The van der Waals surface area contributed by atoms with Crippen LogP contribution in [0.2, 0.25) is 0 Å². The van der Waals surface area contributed by atoms with Crippen molar-refractivity contribution in [1.82, 2.24) is 15.1 Å². The molecule has 0 bridgehead atoms. The van der Waals surface area contributed by atoms with Crippen molar-refractivity contribution in [2.45, 2.75) is 70.1 Å². The van der Waals surface area contributed by atoms with Gasteiger partial charge in [0.25, 0.3) is 0 Å². The van der Waals surface area contributed by atoms with E-state index in [4.69, 9.17) is 0 Å². The summed E-state index contributed by atoms with van der Waals surface area (Å²) in [5.74, 6) is 1.36. The first-order chi connectivity index (χ1) is 9.74. The Labute approximate surface area is 165 Å².